The van der Waals surface area contributed by atoms with Crippen LogP contribution in [0.4, 0.5) is 0 Å². The molecule has 1 heterocycles. The van der Waals surface area contributed by atoms with E-state index < -0.39 is 0 Å². The normalized spacial score (nSPS) is 9.53. The number of hydrogen-bond acceptors (Lipinski definition) is 5. The van der Waals surface area contributed by atoms with Crippen molar-refractivity contribution in [3.8, 4) is 29.2 Å². The van der Waals surface area contributed by atoms with E-state index in [9.17, 15) is 0 Å². The highest BCUT2D eigenvalue weighted by Gasteiger charge is 2.12. The van der Waals surface area contributed by atoms with Crippen molar-refractivity contribution in [3.05, 3.63) is 42.1 Å². The number of nitriles is 1. The Morgan fingerprint density at radius 1 is 1.05 bits per heavy atom. The molecule has 5 nitrogen and oxygen atoms in total. The van der Waals surface area contributed by atoms with Crippen molar-refractivity contribution in [3.63, 3.8) is 0 Å². The lowest BCUT2D eigenvalue weighted by Gasteiger charge is -2.12. The van der Waals surface area contributed by atoms with Gasteiger partial charge >= 0.3 is 0 Å². The van der Waals surface area contributed by atoms with Crippen LogP contribution in [0.1, 0.15) is 5.56 Å². The van der Waals surface area contributed by atoms with Crippen LogP contribution in [0.3, 0.4) is 0 Å². The Kier molecular flexibility index (Phi) is 3.84. The molecule has 1 aromatic heterocycles. The molecule has 0 radical (unpaired) electrons. The first kappa shape index (κ1) is 12.7. The molecule has 0 atom stereocenters. The molecule has 0 N–H and O–H groups in total. The number of nitrogens with zero attached hydrogens (tertiary/aromatic N) is 2. The zero-order chi connectivity index (χ0) is 13.7. The summed E-state index contributed by atoms with van der Waals surface area (Å²) in [5, 5.41) is 8.71. The fourth-order valence-electron chi connectivity index (χ4n) is 1.53. The summed E-state index contributed by atoms with van der Waals surface area (Å²) >= 11 is 0. The van der Waals surface area contributed by atoms with Gasteiger partial charge in [-0.3, -0.25) is 0 Å². The molecule has 1 aromatic carbocycles. The topological polar surface area (TPSA) is 64.4 Å². The monoisotopic (exact) mass is 256 g/mol. The van der Waals surface area contributed by atoms with E-state index in [4.69, 9.17) is 19.5 Å². The van der Waals surface area contributed by atoms with Gasteiger partial charge in [-0.1, -0.05) is 6.07 Å². The zero-order valence-corrected chi connectivity index (χ0v) is 10.6. The van der Waals surface area contributed by atoms with E-state index >= 15 is 0 Å². The fraction of sp³-hybridized carbons (Fsp3) is 0.143. The number of pyridine rings is 1. The third kappa shape index (κ3) is 2.75. The smallest absolute Gasteiger partial charge is 0.219 e. The Labute approximate surface area is 111 Å². The van der Waals surface area contributed by atoms with Gasteiger partial charge in [0.1, 0.15) is 6.07 Å². The molecule has 0 fully saturated rings. The Bertz CT molecular complexity index is 581. The lowest BCUT2D eigenvalue weighted by Crippen LogP contribution is -1.95. The van der Waals surface area contributed by atoms with Gasteiger partial charge in [-0.2, -0.15) is 5.26 Å². The molecule has 19 heavy (non-hydrogen) atoms. The maximum absolute atomic E-state index is 8.71. The van der Waals surface area contributed by atoms with Crippen LogP contribution in [0.2, 0.25) is 0 Å². The van der Waals surface area contributed by atoms with Crippen LogP contribution in [-0.2, 0) is 0 Å². The number of hydrogen-bond donors (Lipinski definition) is 0. The van der Waals surface area contributed by atoms with Crippen LogP contribution in [0.5, 0.6) is 23.1 Å². The second-order valence-electron chi connectivity index (χ2n) is 3.59. The Balaban J connectivity index is 2.34. The lowest BCUT2D eigenvalue weighted by molar-refractivity contribution is 0.342. The van der Waals surface area contributed by atoms with Crippen LogP contribution in [0.25, 0.3) is 0 Å². The second-order valence-corrected chi connectivity index (χ2v) is 3.59. The van der Waals surface area contributed by atoms with E-state index in [0.717, 1.165) is 0 Å². The van der Waals surface area contributed by atoms with Crippen LogP contribution < -0.4 is 14.2 Å². The lowest BCUT2D eigenvalue weighted by atomic mass is 10.3. The largest absolute Gasteiger partial charge is 0.493 e. The van der Waals surface area contributed by atoms with Crippen molar-refractivity contribution in [2.24, 2.45) is 0 Å². The first-order valence-electron chi connectivity index (χ1n) is 5.53. The molecule has 96 valence electrons. The Hall–Kier alpha value is -2.74. The van der Waals surface area contributed by atoms with E-state index in [1.54, 1.807) is 44.6 Å². The maximum atomic E-state index is 8.71. The van der Waals surface area contributed by atoms with E-state index in [1.807, 2.05) is 6.07 Å². The Morgan fingerprint density at radius 3 is 2.21 bits per heavy atom. The van der Waals surface area contributed by atoms with Crippen molar-refractivity contribution in [1.82, 2.24) is 4.98 Å². The van der Waals surface area contributed by atoms with Gasteiger partial charge in [0.05, 0.1) is 19.8 Å². The van der Waals surface area contributed by atoms with Gasteiger partial charge in [0, 0.05) is 12.3 Å². The summed E-state index contributed by atoms with van der Waals surface area (Å²) in [7, 11) is 3.10. The number of para-hydroxylation sites is 1. The van der Waals surface area contributed by atoms with Gasteiger partial charge in [0.25, 0.3) is 0 Å². The number of benzene rings is 1. The summed E-state index contributed by atoms with van der Waals surface area (Å²) in [6.07, 6.45) is 1.44. The summed E-state index contributed by atoms with van der Waals surface area (Å²) in [4.78, 5) is 4.04. The van der Waals surface area contributed by atoms with E-state index in [1.165, 1.54) is 6.20 Å². The summed E-state index contributed by atoms with van der Waals surface area (Å²) in [5.74, 6) is 1.91. The number of rotatable bonds is 4. The Morgan fingerprint density at radius 2 is 1.74 bits per heavy atom. The van der Waals surface area contributed by atoms with Crippen LogP contribution >= 0.6 is 0 Å². The summed E-state index contributed by atoms with van der Waals surface area (Å²) in [5.41, 5.74) is 0.472. The van der Waals surface area contributed by atoms with Gasteiger partial charge in [-0.15, -0.1) is 0 Å². The molecule has 5 heteroatoms. The molecule has 0 saturated carbocycles. The SMILES string of the molecule is COc1cccc(OC)c1Oc1ccc(C#N)cn1. The van der Waals surface area contributed by atoms with Gasteiger partial charge < -0.3 is 14.2 Å². The van der Waals surface area contributed by atoms with Gasteiger partial charge in [0.2, 0.25) is 11.6 Å². The van der Waals surface area contributed by atoms with Crippen LogP contribution in [-0.4, -0.2) is 19.2 Å². The van der Waals surface area contributed by atoms with Gasteiger partial charge in [-0.25, -0.2) is 4.98 Å². The fourth-order valence-corrected chi connectivity index (χ4v) is 1.53. The average Bonchev–Trinajstić information content (AvgIpc) is 2.48. The standard InChI is InChI=1S/C14H12N2O3/c1-17-11-4-3-5-12(18-2)14(11)19-13-7-6-10(8-15)9-16-13/h3-7,9H,1-2H3. The highest BCUT2D eigenvalue weighted by atomic mass is 16.5. The van der Waals surface area contributed by atoms with E-state index in [2.05, 4.69) is 4.98 Å². The van der Waals surface area contributed by atoms with Crippen molar-refractivity contribution in [1.29, 1.82) is 5.26 Å². The summed E-state index contributed by atoms with van der Waals surface area (Å²) in [6, 6.07) is 10.6. The summed E-state index contributed by atoms with van der Waals surface area (Å²) < 4.78 is 16.1. The van der Waals surface area contributed by atoms with Crippen molar-refractivity contribution in [2.75, 3.05) is 14.2 Å². The highest BCUT2D eigenvalue weighted by Crippen LogP contribution is 2.39. The predicted molar refractivity (Wildman–Crippen MR) is 68.6 cm³/mol. The van der Waals surface area contributed by atoms with Crippen molar-refractivity contribution >= 4 is 0 Å². The molecule has 0 aliphatic heterocycles. The first-order chi connectivity index (χ1) is 9.28. The minimum absolute atomic E-state index is 0.363. The summed E-state index contributed by atoms with van der Waals surface area (Å²) in [6.45, 7) is 0. The van der Waals surface area contributed by atoms with E-state index in [-0.39, 0.29) is 0 Å². The van der Waals surface area contributed by atoms with Crippen LogP contribution in [0, 0.1) is 11.3 Å². The zero-order valence-electron chi connectivity index (χ0n) is 10.6. The van der Waals surface area contributed by atoms with Crippen molar-refractivity contribution < 1.29 is 14.2 Å². The van der Waals surface area contributed by atoms with E-state index in [0.29, 0.717) is 28.7 Å². The van der Waals surface area contributed by atoms with Gasteiger partial charge in [-0.05, 0) is 18.2 Å². The van der Waals surface area contributed by atoms with Crippen LogP contribution in [0.15, 0.2) is 36.5 Å². The third-order valence-electron chi connectivity index (χ3n) is 2.45. The molecule has 2 rings (SSSR count). The molecule has 0 aliphatic carbocycles. The number of aromatic nitrogens is 1. The molecular weight excluding hydrogens is 244 g/mol. The minimum Gasteiger partial charge on any atom is -0.493 e. The molecular formula is C14H12N2O3. The minimum atomic E-state index is 0.363. The highest BCUT2D eigenvalue weighted by molar-refractivity contribution is 5.52. The molecule has 0 amide bonds. The molecule has 0 spiro atoms. The second kappa shape index (κ2) is 5.74. The van der Waals surface area contributed by atoms with Crippen molar-refractivity contribution in [2.45, 2.75) is 0 Å². The quantitative estimate of drug-likeness (QED) is 0.841. The number of methoxy groups -OCH3 is 2. The maximum Gasteiger partial charge on any atom is 0.219 e. The molecule has 0 bridgehead atoms. The van der Waals surface area contributed by atoms with Gasteiger partial charge in [0.15, 0.2) is 11.5 Å². The molecule has 2 aromatic rings. The number of ether oxygens (including phenoxy) is 3. The first-order valence-corrected chi connectivity index (χ1v) is 5.53. The molecule has 0 saturated heterocycles. The molecule has 0 unspecified atom stereocenters. The predicted octanol–water partition coefficient (Wildman–Crippen LogP) is 2.76. The average molecular weight is 256 g/mol. The molecule has 0 aliphatic rings. The third-order valence-corrected chi connectivity index (χ3v) is 2.45.